The zero-order chi connectivity index (χ0) is 14.8. The number of hydrogen-bond acceptors (Lipinski definition) is 2. The van der Waals surface area contributed by atoms with Crippen LogP contribution in [0, 0.1) is 11.3 Å². The van der Waals surface area contributed by atoms with Crippen LogP contribution < -0.4 is 0 Å². The molecular weight excluding hydrogens is 372 g/mol. The minimum Gasteiger partial charge on any atom is -0.389 e. The molecule has 1 fully saturated rings. The molecule has 0 aliphatic heterocycles. The lowest BCUT2D eigenvalue weighted by atomic mass is 9.66. The van der Waals surface area contributed by atoms with Gasteiger partial charge in [-0.1, -0.05) is 70.0 Å². The predicted octanol–water partition coefficient (Wildman–Crippen LogP) is 3.81. The number of rotatable bonds is 4. The zero-order valence-corrected chi connectivity index (χ0v) is 15.0. The van der Waals surface area contributed by atoms with Crippen LogP contribution in [0.5, 0.6) is 0 Å². The Hall–Kier alpha value is 0.360. The van der Waals surface area contributed by atoms with Crippen LogP contribution in [0.3, 0.4) is 0 Å². The normalized spacial score (nSPS) is 32.3. The van der Waals surface area contributed by atoms with Crippen molar-refractivity contribution < 1.29 is 10.2 Å². The highest BCUT2D eigenvalue weighted by atomic mass is 79.9. The maximum absolute atomic E-state index is 10.2. The first-order valence-corrected chi connectivity index (χ1v) is 8.64. The fourth-order valence-corrected chi connectivity index (χ4v) is 3.67. The Morgan fingerprint density at radius 2 is 2.16 bits per heavy atom. The third-order valence-corrected chi connectivity index (χ3v) is 6.47. The van der Waals surface area contributed by atoms with E-state index in [4.69, 9.17) is 0 Å². The molecule has 0 saturated heterocycles. The van der Waals surface area contributed by atoms with Crippen LogP contribution in [0.4, 0.5) is 0 Å². The molecule has 0 aromatic rings. The highest BCUT2D eigenvalue weighted by molar-refractivity contribution is 9.09. The van der Waals surface area contributed by atoms with E-state index in [0.29, 0.717) is 10.2 Å². The second kappa shape index (κ2) is 6.42. The Bertz CT molecular complexity index is 361. The van der Waals surface area contributed by atoms with E-state index in [1.165, 1.54) is 5.57 Å². The first kappa shape index (κ1) is 17.4. The molecule has 0 bridgehead atoms. The average Bonchev–Trinajstić information content (AvgIpc) is 2.32. The number of hydrogen-bond donors (Lipinski definition) is 2. The molecule has 1 aliphatic rings. The van der Waals surface area contributed by atoms with E-state index in [2.05, 4.69) is 52.3 Å². The third-order valence-electron chi connectivity index (χ3n) is 4.21. The largest absolute Gasteiger partial charge is 0.389 e. The van der Waals surface area contributed by atoms with Crippen molar-refractivity contribution in [2.75, 3.05) is 5.33 Å². The molecule has 1 saturated carbocycles. The third kappa shape index (κ3) is 3.93. The average molecular weight is 396 g/mol. The quantitative estimate of drug-likeness (QED) is 0.561. The molecule has 0 aromatic carbocycles. The van der Waals surface area contributed by atoms with Gasteiger partial charge in [0.2, 0.25) is 0 Å². The van der Waals surface area contributed by atoms with Gasteiger partial charge in [-0.15, -0.1) is 0 Å². The topological polar surface area (TPSA) is 40.5 Å². The Balaban J connectivity index is 2.92. The van der Waals surface area contributed by atoms with Gasteiger partial charge in [0, 0.05) is 16.1 Å². The minimum atomic E-state index is -1.22. The highest BCUT2D eigenvalue weighted by Gasteiger charge is 2.40. The van der Waals surface area contributed by atoms with Gasteiger partial charge in [-0.3, -0.25) is 0 Å². The van der Waals surface area contributed by atoms with Crippen LogP contribution in [0.15, 0.2) is 24.3 Å². The molecule has 0 spiro atoms. The molecule has 110 valence electrons. The molecule has 0 amide bonds. The van der Waals surface area contributed by atoms with Crippen LogP contribution >= 0.6 is 31.9 Å². The van der Waals surface area contributed by atoms with Gasteiger partial charge in [0.25, 0.3) is 0 Å². The summed E-state index contributed by atoms with van der Waals surface area (Å²) in [6, 6.07) is 0. The second-order valence-electron chi connectivity index (χ2n) is 6.22. The lowest BCUT2D eigenvalue weighted by Crippen LogP contribution is -2.40. The van der Waals surface area contributed by atoms with Gasteiger partial charge < -0.3 is 10.2 Å². The maximum Gasteiger partial charge on any atom is 0.107 e. The Morgan fingerprint density at radius 1 is 1.58 bits per heavy atom. The van der Waals surface area contributed by atoms with Crippen molar-refractivity contribution in [2.24, 2.45) is 11.3 Å². The zero-order valence-electron chi connectivity index (χ0n) is 11.9. The maximum atomic E-state index is 10.2. The van der Waals surface area contributed by atoms with Crippen LogP contribution in [-0.4, -0.2) is 32.1 Å². The van der Waals surface area contributed by atoms with E-state index in [1.807, 2.05) is 6.08 Å². The number of alkyl halides is 2. The first-order chi connectivity index (χ1) is 8.63. The fourth-order valence-electron chi connectivity index (χ4n) is 2.50. The molecule has 4 atom stereocenters. The lowest BCUT2D eigenvalue weighted by Gasteiger charge is -2.43. The van der Waals surface area contributed by atoms with Crippen LogP contribution in [0.1, 0.15) is 33.6 Å². The SMILES string of the molecule is C=C1CC[C@H](Br)C(C)(C)[C@H]1C=CC(C)(O)C(O)CBr. The number of aliphatic hydroxyl groups excluding tert-OH is 1. The van der Waals surface area contributed by atoms with Crippen molar-refractivity contribution in [3.8, 4) is 0 Å². The smallest absolute Gasteiger partial charge is 0.107 e. The minimum absolute atomic E-state index is 0.0568. The van der Waals surface area contributed by atoms with E-state index in [-0.39, 0.29) is 11.3 Å². The molecule has 2 N–H and O–H groups in total. The summed E-state index contributed by atoms with van der Waals surface area (Å²) in [6.45, 7) is 10.2. The summed E-state index contributed by atoms with van der Waals surface area (Å²) in [5.74, 6) is 0.208. The van der Waals surface area contributed by atoms with Gasteiger partial charge in [-0.25, -0.2) is 0 Å². The van der Waals surface area contributed by atoms with Gasteiger partial charge in [0.05, 0.1) is 6.10 Å². The lowest BCUT2D eigenvalue weighted by molar-refractivity contribution is -0.0124. The summed E-state index contributed by atoms with van der Waals surface area (Å²) in [5, 5.41) is 20.4. The summed E-state index contributed by atoms with van der Waals surface area (Å²) >= 11 is 6.94. The van der Waals surface area contributed by atoms with Gasteiger partial charge in [-0.05, 0) is 25.2 Å². The van der Waals surface area contributed by atoms with E-state index in [1.54, 1.807) is 13.0 Å². The van der Waals surface area contributed by atoms with Crippen LogP contribution in [-0.2, 0) is 0 Å². The highest BCUT2D eigenvalue weighted by Crippen LogP contribution is 2.47. The molecule has 19 heavy (non-hydrogen) atoms. The summed E-state index contributed by atoms with van der Waals surface area (Å²) in [5.41, 5.74) is 0.0292. The Labute approximate surface area is 133 Å². The first-order valence-electron chi connectivity index (χ1n) is 6.60. The molecule has 2 unspecified atom stereocenters. The standard InChI is InChI=1S/C15H24Br2O2/c1-10-5-6-12(17)14(2,3)11(10)7-8-15(4,19)13(18)9-16/h7-8,11-13,18-19H,1,5-6,9H2,2-4H3/t11-,12-,13?,15?/m0/s1. The van der Waals surface area contributed by atoms with E-state index in [9.17, 15) is 10.2 Å². The van der Waals surface area contributed by atoms with Crippen molar-refractivity contribution in [3.05, 3.63) is 24.3 Å². The molecule has 1 rings (SSSR count). The molecule has 0 radical (unpaired) electrons. The number of allylic oxidation sites excluding steroid dienone is 2. The second-order valence-corrected chi connectivity index (χ2v) is 7.97. The summed E-state index contributed by atoms with van der Waals surface area (Å²) < 4.78 is 0. The molecule has 4 heteroatoms. The molecule has 1 aliphatic carbocycles. The summed E-state index contributed by atoms with van der Waals surface area (Å²) in [6.07, 6.45) is 4.99. The van der Waals surface area contributed by atoms with Crippen molar-refractivity contribution in [2.45, 2.75) is 50.1 Å². The van der Waals surface area contributed by atoms with Gasteiger partial charge >= 0.3 is 0 Å². The van der Waals surface area contributed by atoms with Crippen molar-refractivity contribution in [1.82, 2.24) is 0 Å². The number of halogens is 2. The van der Waals surface area contributed by atoms with E-state index >= 15 is 0 Å². The Kier molecular flexibility index (Phi) is 5.88. The van der Waals surface area contributed by atoms with E-state index < -0.39 is 11.7 Å². The molecule has 2 nitrogen and oxygen atoms in total. The van der Waals surface area contributed by atoms with E-state index in [0.717, 1.165) is 12.8 Å². The summed E-state index contributed by atoms with van der Waals surface area (Å²) in [4.78, 5) is 0.436. The molecule has 0 aromatic heterocycles. The number of aliphatic hydroxyl groups is 2. The monoisotopic (exact) mass is 394 g/mol. The molecule has 0 heterocycles. The van der Waals surface area contributed by atoms with Crippen molar-refractivity contribution in [3.63, 3.8) is 0 Å². The van der Waals surface area contributed by atoms with Gasteiger partial charge in [0.1, 0.15) is 5.60 Å². The van der Waals surface area contributed by atoms with Crippen molar-refractivity contribution >= 4 is 31.9 Å². The van der Waals surface area contributed by atoms with Crippen LogP contribution in [0.2, 0.25) is 0 Å². The summed E-state index contributed by atoms with van der Waals surface area (Å²) in [7, 11) is 0. The van der Waals surface area contributed by atoms with Gasteiger partial charge in [-0.2, -0.15) is 0 Å². The van der Waals surface area contributed by atoms with Crippen molar-refractivity contribution in [1.29, 1.82) is 0 Å². The van der Waals surface area contributed by atoms with Crippen LogP contribution in [0.25, 0.3) is 0 Å². The Morgan fingerprint density at radius 3 is 2.68 bits per heavy atom. The molecular formula is C15H24Br2O2. The fraction of sp³-hybridized carbons (Fsp3) is 0.733. The van der Waals surface area contributed by atoms with Gasteiger partial charge in [0.15, 0.2) is 0 Å². The predicted molar refractivity (Wildman–Crippen MR) is 87.9 cm³/mol.